The van der Waals surface area contributed by atoms with Crippen LogP contribution >= 0.6 is 0 Å². The summed E-state index contributed by atoms with van der Waals surface area (Å²) in [5.74, 6) is -0.0793. The van der Waals surface area contributed by atoms with Gasteiger partial charge in [0.05, 0.1) is 13.0 Å². The predicted octanol–water partition coefficient (Wildman–Crippen LogP) is 1.99. The molecule has 0 saturated carbocycles. The molecule has 1 aliphatic heterocycles. The van der Waals surface area contributed by atoms with Crippen molar-refractivity contribution >= 4 is 17.8 Å². The molecule has 1 aromatic carbocycles. The molecule has 2 rings (SSSR count). The van der Waals surface area contributed by atoms with Crippen LogP contribution in [0.4, 0.5) is 0 Å². The Hall–Kier alpha value is -2.57. The number of hydrogen-bond donors (Lipinski definition) is 1. The van der Waals surface area contributed by atoms with Gasteiger partial charge < -0.3 is 19.7 Å². The van der Waals surface area contributed by atoms with Crippen molar-refractivity contribution in [2.45, 2.75) is 46.6 Å². The summed E-state index contributed by atoms with van der Waals surface area (Å²) in [4.78, 5) is 38.4. The summed E-state index contributed by atoms with van der Waals surface area (Å²) in [6, 6.07) is 4.78. The maximum Gasteiger partial charge on any atom is 0.308 e. The molecule has 28 heavy (non-hydrogen) atoms. The number of amides is 2. The summed E-state index contributed by atoms with van der Waals surface area (Å²) in [6.45, 7) is 8.81. The molecule has 0 aromatic heterocycles. The standard InChI is InChI=1S/C21H30N2O5/c1-14(2)8-11-27-20(25)12-17-21(26)22-9-10-23(17)19(24)13-28-18-7-5-6-15(3)16(18)4/h5-7,14,17H,8-13H2,1-4H3,(H,22,26). The van der Waals surface area contributed by atoms with Crippen molar-refractivity contribution < 1.29 is 23.9 Å². The minimum Gasteiger partial charge on any atom is -0.483 e. The monoisotopic (exact) mass is 390 g/mol. The van der Waals surface area contributed by atoms with E-state index in [-0.39, 0.29) is 24.8 Å². The Labute approximate surface area is 166 Å². The number of carbonyl (C=O) groups excluding carboxylic acids is 3. The zero-order valence-corrected chi connectivity index (χ0v) is 17.1. The average Bonchev–Trinajstić information content (AvgIpc) is 2.64. The molecule has 1 saturated heterocycles. The van der Waals surface area contributed by atoms with Crippen LogP contribution in [0.2, 0.25) is 0 Å². The van der Waals surface area contributed by atoms with Crippen LogP contribution in [0.5, 0.6) is 5.75 Å². The molecule has 154 valence electrons. The van der Waals surface area contributed by atoms with E-state index in [1.165, 1.54) is 4.90 Å². The van der Waals surface area contributed by atoms with Crippen molar-refractivity contribution in [1.29, 1.82) is 0 Å². The number of ether oxygens (including phenoxy) is 2. The highest BCUT2D eigenvalue weighted by Crippen LogP contribution is 2.21. The van der Waals surface area contributed by atoms with Gasteiger partial charge >= 0.3 is 5.97 Å². The van der Waals surface area contributed by atoms with Crippen LogP contribution in [0, 0.1) is 19.8 Å². The zero-order valence-electron chi connectivity index (χ0n) is 17.1. The molecule has 1 heterocycles. The van der Waals surface area contributed by atoms with Gasteiger partial charge in [-0.3, -0.25) is 14.4 Å². The number of aryl methyl sites for hydroxylation is 1. The maximum atomic E-state index is 12.7. The molecule has 7 heteroatoms. The number of piperazine rings is 1. The average molecular weight is 390 g/mol. The molecule has 0 radical (unpaired) electrons. The Bertz CT molecular complexity index is 717. The first-order chi connectivity index (χ1) is 13.3. The Kier molecular flexibility index (Phi) is 7.84. The second-order valence-electron chi connectivity index (χ2n) is 7.49. The lowest BCUT2D eigenvalue weighted by Gasteiger charge is -2.34. The van der Waals surface area contributed by atoms with Crippen LogP contribution < -0.4 is 10.1 Å². The summed E-state index contributed by atoms with van der Waals surface area (Å²) in [7, 11) is 0. The van der Waals surface area contributed by atoms with Crippen molar-refractivity contribution in [2.75, 3.05) is 26.3 Å². The van der Waals surface area contributed by atoms with Gasteiger partial charge in [0.15, 0.2) is 6.61 Å². The lowest BCUT2D eigenvalue weighted by Crippen LogP contribution is -2.58. The second kappa shape index (κ2) is 10.1. The number of nitrogens with zero attached hydrogens (tertiary/aromatic N) is 1. The molecular weight excluding hydrogens is 360 g/mol. The number of hydrogen-bond acceptors (Lipinski definition) is 5. The molecule has 1 aliphatic rings. The molecule has 1 fully saturated rings. The van der Waals surface area contributed by atoms with Gasteiger partial charge in [-0.25, -0.2) is 0 Å². The largest absolute Gasteiger partial charge is 0.483 e. The molecule has 7 nitrogen and oxygen atoms in total. The van der Waals surface area contributed by atoms with Crippen molar-refractivity contribution in [3.8, 4) is 5.75 Å². The summed E-state index contributed by atoms with van der Waals surface area (Å²) in [6.07, 6.45) is 0.605. The molecule has 0 aliphatic carbocycles. The first kappa shape index (κ1) is 21.7. The SMILES string of the molecule is Cc1cccc(OCC(=O)N2CCNC(=O)C2CC(=O)OCCC(C)C)c1C. The number of carbonyl (C=O) groups is 3. The third kappa shape index (κ3) is 5.97. The van der Waals surface area contributed by atoms with E-state index >= 15 is 0 Å². The van der Waals surface area contributed by atoms with Gasteiger partial charge in [-0.1, -0.05) is 26.0 Å². The Morgan fingerprint density at radius 3 is 2.75 bits per heavy atom. The van der Waals surface area contributed by atoms with Gasteiger partial charge in [-0.05, 0) is 43.4 Å². The fourth-order valence-corrected chi connectivity index (χ4v) is 2.94. The molecule has 2 amide bonds. The van der Waals surface area contributed by atoms with Crippen molar-refractivity contribution in [3.05, 3.63) is 29.3 Å². The minimum absolute atomic E-state index is 0.154. The second-order valence-corrected chi connectivity index (χ2v) is 7.49. The summed E-state index contributed by atoms with van der Waals surface area (Å²) >= 11 is 0. The number of rotatable bonds is 8. The third-order valence-corrected chi connectivity index (χ3v) is 4.88. The first-order valence-corrected chi connectivity index (χ1v) is 9.71. The van der Waals surface area contributed by atoms with Crippen LogP contribution in [0.1, 0.15) is 37.8 Å². The highest BCUT2D eigenvalue weighted by atomic mass is 16.5. The lowest BCUT2D eigenvalue weighted by molar-refractivity contribution is -0.152. The van der Waals surface area contributed by atoms with E-state index in [1.54, 1.807) is 0 Å². The predicted molar refractivity (Wildman–Crippen MR) is 105 cm³/mol. The van der Waals surface area contributed by atoms with Gasteiger partial charge in [-0.2, -0.15) is 0 Å². The van der Waals surface area contributed by atoms with Gasteiger partial charge in [0.2, 0.25) is 5.91 Å². The minimum atomic E-state index is -0.866. The molecule has 1 atom stereocenters. The van der Waals surface area contributed by atoms with Crippen LogP contribution in [0.3, 0.4) is 0 Å². The van der Waals surface area contributed by atoms with E-state index in [0.717, 1.165) is 17.5 Å². The van der Waals surface area contributed by atoms with E-state index in [1.807, 2.05) is 45.9 Å². The van der Waals surface area contributed by atoms with E-state index < -0.39 is 12.0 Å². The fourth-order valence-electron chi connectivity index (χ4n) is 2.94. The first-order valence-electron chi connectivity index (χ1n) is 9.71. The third-order valence-electron chi connectivity index (χ3n) is 4.88. The molecule has 1 N–H and O–H groups in total. The molecule has 1 unspecified atom stereocenters. The quantitative estimate of drug-likeness (QED) is 0.686. The van der Waals surface area contributed by atoms with Crippen LogP contribution in [0.15, 0.2) is 18.2 Å². The van der Waals surface area contributed by atoms with Gasteiger partial charge in [0.1, 0.15) is 11.8 Å². The van der Waals surface area contributed by atoms with E-state index in [4.69, 9.17) is 9.47 Å². The molecule has 0 spiro atoms. The summed E-state index contributed by atoms with van der Waals surface area (Å²) in [5.41, 5.74) is 2.04. The summed E-state index contributed by atoms with van der Waals surface area (Å²) in [5, 5.41) is 2.71. The van der Waals surface area contributed by atoms with Crippen LogP contribution in [0.25, 0.3) is 0 Å². The number of esters is 1. The van der Waals surface area contributed by atoms with Crippen molar-refractivity contribution in [1.82, 2.24) is 10.2 Å². The lowest BCUT2D eigenvalue weighted by atomic mass is 10.1. The fraction of sp³-hybridized carbons (Fsp3) is 0.571. The Balaban J connectivity index is 1.96. The van der Waals surface area contributed by atoms with Crippen LogP contribution in [-0.2, 0) is 19.1 Å². The van der Waals surface area contributed by atoms with Gasteiger partial charge in [0, 0.05) is 13.1 Å². The Morgan fingerprint density at radius 2 is 2.04 bits per heavy atom. The van der Waals surface area contributed by atoms with E-state index in [9.17, 15) is 14.4 Å². The van der Waals surface area contributed by atoms with E-state index in [2.05, 4.69) is 5.32 Å². The van der Waals surface area contributed by atoms with Gasteiger partial charge in [-0.15, -0.1) is 0 Å². The number of nitrogens with one attached hydrogen (secondary N) is 1. The topological polar surface area (TPSA) is 84.9 Å². The number of benzene rings is 1. The summed E-state index contributed by atoms with van der Waals surface area (Å²) < 4.78 is 10.9. The normalized spacial score (nSPS) is 16.7. The van der Waals surface area contributed by atoms with Crippen LogP contribution in [-0.4, -0.2) is 55.0 Å². The zero-order chi connectivity index (χ0) is 20.7. The van der Waals surface area contributed by atoms with Gasteiger partial charge in [0.25, 0.3) is 5.91 Å². The van der Waals surface area contributed by atoms with Crippen molar-refractivity contribution in [3.63, 3.8) is 0 Å². The van der Waals surface area contributed by atoms with Crippen molar-refractivity contribution in [2.24, 2.45) is 5.92 Å². The smallest absolute Gasteiger partial charge is 0.308 e. The van der Waals surface area contributed by atoms with E-state index in [0.29, 0.717) is 31.4 Å². The highest BCUT2D eigenvalue weighted by molar-refractivity contribution is 5.92. The molecule has 0 bridgehead atoms. The molecular formula is C21H30N2O5. The maximum absolute atomic E-state index is 12.7. The highest BCUT2D eigenvalue weighted by Gasteiger charge is 2.35. The molecule has 1 aromatic rings. The Morgan fingerprint density at radius 1 is 1.29 bits per heavy atom.